The van der Waals surface area contributed by atoms with Gasteiger partial charge in [-0.3, -0.25) is 28.9 Å². The first-order valence-corrected chi connectivity index (χ1v) is 20.0. The maximum absolute atomic E-state index is 14.9. The van der Waals surface area contributed by atoms with Crippen LogP contribution < -0.4 is 9.80 Å². The first kappa shape index (κ1) is 33.8. The van der Waals surface area contributed by atoms with Crippen LogP contribution in [-0.2, 0) is 36.0 Å². The molecule has 2 fully saturated rings. The number of aliphatic hydroxyl groups is 1. The summed E-state index contributed by atoms with van der Waals surface area (Å²) in [5.74, 6) is -1.71. The Bertz CT molecular complexity index is 1920. The van der Waals surface area contributed by atoms with Crippen LogP contribution in [0.1, 0.15) is 49.4 Å². The van der Waals surface area contributed by atoms with Gasteiger partial charge >= 0.3 is 5.97 Å². The number of aliphatic hydroxyl groups excluding tert-OH is 1. The predicted octanol–water partition coefficient (Wildman–Crippen LogP) is 4.59. The third kappa shape index (κ3) is 5.63. The van der Waals surface area contributed by atoms with Crippen LogP contribution in [0.25, 0.3) is 0 Å². The molecule has 0 aliphatic carbocycles. The fourth-order valence-corrected chi connectivity index (χ4v) is 10.7. The number of amides is 2. The number of rotatable bonds is 10. The number of aryl methyl sites for hydroxylation is 1. The molecule has 2 N–H and O–H groups in total. The minimum atomic E-state index is -2.96. The summed E-state index contributed by atoms with van der Waals surface area (Å²) in [6, 6.07) is 24.3. The molecule has 13 heteroatoms. The van der Waals surface area contributed by atoms with E-state index in [2.05, 4.69) is 10.3 Å². The number of nitrogens with zero attached hydrogens (tertiary/aromatic N) is 5. The quantitative estimate of drug-likeness (QED) is 0.138. The van der Waals surface area contributed by atoms with Gasteiger partial charge in [0.2, 0.25) is 5.91 Å². The van der Waals surface area contributed by atoms with E-state index in [4.69, 9.17) is 9.47 Å². The predicted molar refractivity (Wildman–Crippen MR) is 187 cm³/mol. The van der Waals surface area contributed by atoms with E-state index in [1.165, 1.54) is 11.8 Å². The zero-order valence-corrected chi connectivity index (χ0v) is 29.5. The van der Waals surface area contributed by atoms with Gasteiger partial charge in [-0.1, -0.05) is 60.7 Å². The van der Waals surface area contributed by atoms with Gasteiger partial charge in [0.15, 0.2) is 20.1 Å². The molecule has 0 bridgehead atoms. The number of carbonyl (C=O) groups excluding carboxylic acids is 3. The molecule has 0 saturated carbocycles. The summed E-state index contributed by atoms with van der Waals surface area (Å²) in [5, 5.41) is 18.9. The second-order valence-electron chi connectivity index (χ2n) is 13.9. The summed E-state index contributed by atoms with van der Waals surface area (Å²) in [6.07, 6.45) is 1.09. The van der Waals surface area contributed by atoms with Crippen molar-refractivity contribution in [3.63, 3.8) is 0 Å². The Morgan fingerprint density at radius 1 is 1.06 bits per heavy atom. The van der Waals surface area contributed by atoms with Crippen LogP contribution in [0, 0.1) is 5.92 Å². The van der Waals surface area contributed by atoms with Crippen molar-refractivity contribution in [1.29, 1.82) is 0 Å². The number of aromatic nitrogens is 3. The van der Waals surface area contributed by atoms with Crippen LogP contribution >= 0.6 is 0 Å². The summed E-state index contributed by atoms with van der Waals surface area (Å²) >= 11 is 0. The van der Waals surface area contributed by atoms with Crippen LogP contribution in [0.4, 0.5) is 17.1 Å². The third-order valence-corrected chi connectivity index (χ3v) is 12.8. The summed E-state index contributed by atoms with van der Waals surface area (Å²) < 4.78 is 14.1. The number of carbonyl (C=O) groups is 3. The summed E-state index contributed by atoms with van der Waals surface area (Å²) in [4.78, 5) is 54.4. The Labute approximate surface area is 291 Å². The van der Waals surface area contributed by atoms with Crippen molar-refractivity contribution >= 4 is 43.2 Å². The van der Waals surface area contributed by atoms with Gasteiger partial charge in [0, 0.05) is 48.1 Å². The molecule has 2 amide bonds. The van der Waals surface area contributed by atoms with Gasteiger partial charge in [-0.2, -0.15) is 0 Å². The van der Waals surface area contributed by atoms with Crippen molar-refractivity contribution in [2.24, 2.45) is 5.92 Å². The van der Waals surface area contributed by atoms with Crippen molar-refractivity contribution in [2.45, 2.75) is 75.7 Å². The van der Waals surface area contributed by atoms with E-state index in [0.29, 0.717) is 41.3 Å². The molecule has 2 unspecified atom stereocenters. The molecular weight excluding hydrogens is 655 g/mol. The van der Waals surface area contributed by atoms with Gasteiger partial charge in [0.1, 0.15) is 0 Å². The van der Waals surface area contributed by atoms with E-state index in [1.807, 2.05) is 92.9 Å². The smallest absolute Gasteiger partial charge is 0.304 e. The Balaban J connectivity index is 1.25. The van der Waals surface area contributed by atoms with E-state index in [1.54, 1.807) is 21.7 Å². The minimum Gasteiger partial charge on any atom is -0.441 e. The molecule has 2 saturated heterocycles. The first-order chi connectivity index (χ1) is 23.9. The fourth-order valence-electron chi connectivity index (χ4n) is 8.12. The Kier molecular flexibility index (Phi) is 8.71. The Hall–Kier alpha value is -4.69. The van der Waals surface area contributed by atoms with Crippen LogP contribution in [0.2, 0.25) is 18.6 Å². The summed E-state index contributed by atoms with van der Waals surface area (Å²) in [6.45, 7) is 7.30. The molecule has 3 aromatic carbocycles. The monoisotopic (exact) mass is 695 g/mol. The maximum atomic E-state index is 14.9. The average Bonchev–Trinajstić information content (AvgIpc) is 3.74. The van der Waals surface area contributed by atoms with E-state index >= 15 is 0 Å². The van der Waals surface area contributed by atoms with Crippen molar-refractivity contribution in [3.05, 3.63) is 102 Å². The Morgan fingerprint density at radius 3 is 2.40 bits per heavy atom. The van der Waals surface area contributed by atoms with Crippen molar-refractivity contribution in [2.75, 3.05) is 16.4 Å². The van der Waals surface area contributed by atoms with Gasteiger partial charge < -0.3 is 19.4 Å². The molecule has 6 atom stereocenters. The number of anilines is 3. The second kappa shape index (κ2) is 12.9. The first-order valence-electron chi connectivity index (χ1n) is 16.9. The highest BCUT2D eigenvalue weighted by molar-refractivity contribution is 6.71. The van der Waals surface area contributed by atoms with Crippen LogP contribution in [0.5, 0.6) is 0 Å². The standard InChI is InChI=1S/C37H41N5O7Si/c1-23-35(50(3,4)47)32(17-18-40-21-30(38-39-40)28(22-43)25-11-7-5-8-12-25)49-37(23)29-19-27(42-33(45)20-34(42)48-24(2)44)15-16-31(29)41(36(37)46)26-13-9-6-10-14-26/h5-16,19,21,23,28,32,34-35,43,47H,17-18,20,22H2,1-4H3/t23-,28?,32+,34?,35-,37+/m1/s1. The van der Waals surface area contributed by atoms with Crippen molar-refractivity contribution in [1.82, 2.24) is 15.0 Å². The second-order valence-corrected chi connectivity index (χ2v) is 17.9. The van der Waals surface area contributed by atoms with Gasteiger partial charge in [-0.15, -0.1) is 5.10 Å². The lowest BCUT2D eigenvalue weighted by molar-refractivity contribution is -0.153. The largest absolute Gasteiger partial charge is 0.441 e. The number of esters is 1. The molecule has 0 radical (unpaired) electrons. The lowest BCUT2D eigenvalue weighted by Gasteiger charge is -2.39. The molecule has 7 rings (SSSR count). The fraction of sp³-hybridized carbons (Fsp3) is 0.378. The molecule has 1 spiro atoms. The Morgan fingerprint density at radius 2 is 1.76 bits per heavy atom. The lowest BCUT2D eigenvalue weighted by Crippen LogP contribution is -2.55. The van der Waals surface area contributed by atoms with Gasteiger partial charge in [0.05, 0.1) is 36.4 Å². The molecule has 3 aliphatic rings. The summed E-state index contributed by atoms with van der Waals surface area (Å²) in [7, 11) is -2.96. The highest BCUT2D eigenvalue weighted by Crippen LogP contribution is 2.61. The third-order valence-electron chi connectivity index (χ3n) is 10.3. The minimum absolute atomic E-state index is 0.0760. The molecular formula is C37H41N5O7Si. The van der Waals surface area contributed by atoms with E-state index in [-0.39, 0.29) is 36.3 Å². The molecule has 1 aromatic heterocycles. The topological polar surface area (TPSA) is 147 Å². The zero-order valence-electron chi connectivity index (χ0n) is 28.5. The van der Waals surface area contributed by atoms with Gasteiger partial charge in [0.25, 0.3) is 5.91 Å². The zero-order chi connectivity index (χ0) is 35.4. The van der Waals surface area contributed by atoms with Crippen LogP contribution in [-0.4, -0.2) is 69.9 Å². The number of benzene rings is 3. The maximum Gasteiger partial charge on any atom is 0.304 e. The average molecular weight is 696 g/mol. The van der Waals surface area contributed by atoms with E-state index < -0.39 is 38.1 Å². The SMILES string of the molecule is CC(=O)OC1CC(=O)N1c1ccc2c(c1)[C@]1(O[C@@H](CCn3cc(C(CO)c4ccccc4)nn3)[C@H]([Si](C)(C)O)[C@H]1C)C(=O)N2c1ccccc1. The molecule has 12 nitrogen and oxygen atoms in total. The molecule has 260 valence electrons. The summed E-state index contributed by atoms with van der Waals surface area (Å²) in [5.41, 5.74) is 2.17. The molecule has 3 aliphatic heterocycles. The number of ether oxygens (including phenoxy) is 2. The normalized spacial score (nSPS) is 25.2. The molecule has 4 heterocycles. The van der Waals surface area contributed by atoms with E-state index in [9.17, 15) is 24.3 Å². The van der Waals surface area contributed by atoms with Crippen molar-refractivity contribution < 1.29 is 33.8 Å². The van der Waals surface area contributed by atoms with Crippen molar-refractivity contribution in [3.8, 4) is 0 Å². The van der Waals surface area contributed by atoms with Gasteiger partial charge in [-0.05, 0) is 55.4 Å². The van der Waals surface area contributed by atoms with Gasteiger partial charge in [-0.25, -0.2) is 0 Å². The number of fused-ring (bicyclic) bond motifs is 2. The highest BCUT2D eigenvalue weighted by Gasteiger charge is 2.66. The van der Waals surface area contributed by atoms with Crippen LogP contribution in [0.15, 0.2) is 85.1 Å². The molecule has 4 aromatic rings. The number of β-lactam (4-membered cyclic amide) rings is 1. The number of para-hydroxylation sites is 1. The van der Waals surface area contributed by atoms with E-state index in [0.717, 1.165) is 5.56 Å². The lowest BCUT2D eigenvalue weighted by atomic mass is 9.82. The number of hydrogen-bond acceptors (Lipinski definition) is 9. The highest BCUT2D eigenvalue weighted by atomic mass is 28.4. The number of hydrogen-bond donors (Lipinski definition) is 2. The van der Waals surface area contributed by atoms with Crippen LogP contribution in [0.3, 0.4) is 0 Å². The molecule has 50 heavy (non-hydrogen) atoms.